The van der Waals surface area contributed by atoms with E-state index in [4.69, 9.17) is 4.74 Å². The minimum atomic E-state index is -0.476. The summed E-state index contributed by atoms with van der Waals surface area (Å²) >= 11 is 0. The molecule has 0 aromatic carbocycles. The van der Waals surface area contributed by atoms with E-state index < -0.39 is 4.92 Å². The highest BCUT2D eigenvalue weighted by Gasteiger charge is 2.27. The number of rotatable bonds is 9. The third-order valence-corrected chi connectivity index (χ3v) is 3.10. The maximum atomic E-state index is 11.4. The first-order valence-corrected chi connectivity index (χ1v) is 7.83. The summed E-state index contributed by atoms with van der Waals surface area (Å²) in [6, 6.07) is 0.0843. The average Bonchev–Trinajstić information content (AvgIpc) is 2.44. The van der Waals surface area contributed by atoms with E-state index >= 15 is 0 Å². The van der Waals surface area contributed by atoms with Crippen molar-refractivity contribution in [3.05, 3.63) is 15.9 Å². The summed E-state index contributed by atoms with van der Waals surface area (Å²) in [6.45, 7) is 10.3. The maximum absolute atomic E-state index is 11.4. The Morgan fingerprint density at radius 2 is 1.95 bits per heavy atom. The molecule has 0 saturated carbocycles. The Labute approximate surface area is 131 Å². The minimum absolute atomic E-state index is 0.0583. The molecule has 124 valence electrons. The van der Waals surface area contributed by atoms with Crippen molar-refractivity contribution in [2.75, 3.05) is 11.9 Å². The molecule has 22 heavy (non-hydrogen) atoms. The highest BCUT2D eigenvalue weighted by molar-refractivity contribution is 5.62. The molecule has 0 fully saturated rings. The predicted octanol–water partition coefficient (Wildman–Crippen LogP) is 3.58. The molecule has 1 aromatic rings. The summed E-state index contributed by atoms with van der Waals surface area (Å²) in [5, 5.41) is 14.5. The zero-order valence-electron chi connectivity index (χ0n) is 14.0. The van der Waals surface area contributed by atoms with E-state index in [1.807, 2.05) is 34.6 Å². The van der Waals surface area contributed by atoms with Crippen LogP contribution in [0.25, 0.3) is 0 Å². The molecule has 0 aliphatic heterocycles. The molecule has 7 nitrogen and oxygen atoms in total. The van der Waals surface area contributed by atoms with Gasteiger partial charge in [0.05, 0.1) is 11.5 Å². The molecule has 1 aromatic heterocycles. The van der Waals surface area contributed by atoms with E-state index in [0.29, 0.717) is 18.9 Å². The van der Waals surface area contributed by atoms with Crippen molar-refractivity contribution in [2.45, 2.75) is 59.9 Å². The molecular weight excluding hydrogens is 284 g/mol. The fourth-order valence-corrected chi connectivity index (χ4v) is 1.76. The second-order valence-electron chi connectivity index (χ2n) is 5.81. The summed E-state index contributed by atoms with van der Waals surface area (Å²) < 4.78 is 5.57. The van der Waals surface area contributed by atoms with Crippen molar-refractivity contribution in [1.29, 1.82) is 0 Å². The number of aromatic nitrogens is 2. The Kier molecular flexibility index (Phi) is 7.01. The van der Waals surface area contributed by atoms with Gasteiger partial charge in [0.15, 0.2) is 0 Å². The van der Waals surface area contributed by atoms with Crippen molar-refractivity contribution in [2.24, 2.45) is 5.92 Å². The SMILES string of the molecule is CCCc1nc(NC(C)CC)c([N+](=O)[O-])c(OCC(C)C)n1. The van der Waals surface area contributed by atoms with Gasteiger partial charge in [-0.1, -0.05) is 27.7 Å². The monoisotopic (exact) mass is 310 g/mol. The second kappa shape index (κ2) is 8.51. The van der Waals surface area contributed by atoms with Crippen LogP contribution in [0.4, 0.5) is 11.5 Å². The number of nitrogens with one attached hydrogen (secondary N) is 1. The van der Waals surface area contributed by atoms with Gasteiger partial charge in [-0.25, -0.2) is 4.98 Å². The van der Waals surface area contributed by atoms with Gasteiger partial charge in [0.2, 0.25) is 5.82 Å². The molecule has 0 spiro atoms. The number of hydrogen-bond donors (Lipinski definition) is 1. The van der Waals surface area contributed by atoms with Crippen LogP contribution in [0.5, 0.6) is 5.88 Å². The first-order chi connectivity index (χ1) is 10.4. The van der Waals surface area contributed by atoms with Gasteiger partial charge >= 0.3 is 5.69 Å². The molecule has 1 heterocycles. The van der Waals surface area contributed by atoms with Gasteiger partial charge in [-0.3, -0.25) is 10.1 Å². The lowest BCUT2D eigenvalue weighted by molar-refractivity contribution is -0.385. The molecule has 7 heteroatoms. The molecule has 1 atom stereocenters. The van der Waals surface area contributed by atoms with E-state index in [0.717, 1.165) is 12.8 Å². The highest BCUT2D eigenvalue weighted by Crippen LogP contribution is 2.33. The van der Waals surface area contributed by atoms with E-state index in [9.17, 15) is 10.1 Å². The fourth-order valence-electron chi connectivity index (χ4n) is 1.76. The van der Waals surface area contributed by atoms with Crippen molar-refractivity contribution in [1.82, 2.24) is 9.97 Å². The normalized spacial score (nSPS) is 12.3. The number of aryl methyl sites for hydroxylation is 1. The zero-order chi connectivity index (χ0) is 16.7. The summed E-state index contributed by atoms with van der Waals surface area (Å²) in [5.41, 5.74) is -0.180. The van der Waals surface area contributed by atoms with Crippen LogP contribution in [0.2, 0.25) is 0 Å². The Morgan fingerprint density at radius 3 is 2.45 bits per heavy atom. The van der Waals surface area contributed by atoms with Gasteiger partial charge in [-0.15, -0.1) is 0 Å². The Hall–Kier alpha value is -1.92. The molecule has 1 unspecified atom stereocenters. The maximum Gasteiger partial charge on any atom is 0.372 e. The Bertz CT molecular complexity index is 506. The average molecular weight is 310 g/mol. The first-order valence-electron chi connectivity index (χ1n) is 7.83. The zero-order valence-corrected chi connectivity index (χ0v) is 14.0. The molecular formula is C15H26N4O3. The number of nitrogens with zero attached hydrogens (tertiary/aromatic N) is 3. The van der Waals surface area contributed by atoms with E-state index in [1.54, 1.807) is 0 Å². The second-order valence-corrected chi connectivity index (χ2v) is 5.81. The molecule has 0 radical (unpaired) electrons. The smallest absolute Gasteiger partial charge is 0.372 e. The van der Waals surface area contributed by atoms with Crippen molar-refractivity contribution in [3.8, 4) is 5.88 Å². The van der Waals surface area contributed by atoms with Gasteiger partial charge in [0, 0.05) is 12.5 Å². The van der Waals surface area contributed by atoms with Gasteiger partial charge < -0.3 is 10.1 Å². The largest absolute Gasteiger partial charge is 0.472 e. The topological polar surface area (TPSA) is 90.2 Å². The molecule has 1 rings (SSSR count). The van der Waals surface area contributed by atoms with Crippen molar-refractivity contribution >= 4 is 11.5 Å². The molecule has 0 aliphatic rings. The Balaban J connectivity index is 3.27. The van der Waals surface area contributed by atoms with Gasteiger partial charge in [-0.05, 0) is 25.7 Å². The van der Waals surface area contributed by atoms with Crippen LogP contribution in [0, 0.1) is 16.0 Å². The van der Waals surface area contributed by atoms with Crippen LogP contribution in [0.1, 0.15) is 53.3 Å². The molecule has 0 aliphatic carbocycles. The van der Waals surface area contributed by atoms with Gasteiger partial charge in [-0.2, -0.15) is 4.98 Å². The minimum Gasteiger partial charge on any atom is -0.472 e. The molecule has 0 saturated heterocycles. The lowest BCUT2D eigenvalue weighted by atomic mass is 10.2. The predicted molar refractivity (Wildman–Crippen MR) is 86.4 cm³/mol. The van der Waals surface area contributed by atoms with Crippen LogP contribution >= 0.6 is 0 Å². The number of anilines is 1. The van der Waals surface area contributed by atoms with Gasteiger partial charge in [0.1, 0.15) is 5.82 Å². The Morgan fingerprint density at radius 1 is 1.27 bits per heavy atom. The number of ether oxygens (including phenoxy) is 1. The third-order valence-electron chi connectivity index (χ3n) is 3.10. The van der Waals surface area contributed by atoms with Crippen LogP contribution in [-0.2, 0) is 6.42 Å². The summed E-state index contributed by atoms with van der Waals surface area (Å²) in [5.74, 6) is 1.13. The van der Waals surface area contributed by atoms with Crippen LogP contribution in [0.3, 0.4) is 0 Å². The number of hydrogen-bond acceptors (Lipinski definition) is 6. The van der Waals surface area contributed by atoms with Crippen LogP contribution in [0.15, 0.2) is 0 Å². The summed E-state index contributed by atoms with van der Waals surface area (Å²) in [6.07, 6.45) is 2.36. The van der Waals surface area contributed by atoms with Crippen LogP contribution < -0.4 is 10.1 Å². The fraction of sp³-hybridized carbons (Fsp3) is 0.733. The lowest BCUT2D eigenvalue weighted by Gasteiger charge is -2.15. The third kappa shape index (κ3) is 5.13. The standard InChI is InChI=1S/C15H26N4O3/c1-6-8-12-17-14(16-11(5)7-2)13(19(20)21)15(18-12)22-9-10(3)4/h10-11H,6-9H2,1-5H3,(H,16,17,18). The molecule has 1 N–H and O–H groups in total. The van der Waals surface area contributed by atoms with Gasteiger partial charge in [0.25, 0.3) is 5.88 Å². The van der Waals surface area contributed by atoms with Crippen molar-refractivity contribution < 1.29 is 9.66 Å². The summed E-state index contributed by atoms with van der Waals surface area (Å²) in [7, 11) is 0. The van der Waals surface area contributed by atoms with E-state index in [-0.39, 0.29) is 29.3 Å². The quantitative estimate of drug-likeness (QED) is 0.554. The van der Waals surface area contributed by atoms with E-state index in [2.05, 4.69) is 15.3 Å². The molecule has 0 bridgehead atoms. The summed E-state index contributed by atoms with van der Waals surface area (Å²) in [4.78, 5) is 19.5. The first kappa shape index (κ1) is 18.1. The van der Waals surface area contributed by atoms with E-state index in [1.165, 1.54) is 0 Å². The van der Waals surface area contributed by atoms with Crippen LogP contribution in [-0.4, -0.2) is 27.5 Å². The number of nitro groups is 1. The van der Waals surface area contributed by atoms with Crippen molar-refractivity contribution in [3.63, 3.8) is 0 Å². The lowest BCUT2D eigenvalue weighted by Crippen LogP contribution is -2.18. The molecule has 0 amide bonds. The highest BCUT2D eigenvalue weighted by atomic mass is 16.6.